The van der Waals surface area contributed by atoms with Crippen molar-refractivity contribution in [1.82, 2.24) is 14.7 Å². The molecule has 0 unspecified atom stereocenters. The molecule has 1 aliphatic rings. The molecule has 0 fully saturated rings. The first-order chi connectivity index (χ1) is 10.6. The first-order valence-electron chi connectivity index (χ1n) is 6.95. The van der Waals surface area contributed by atoms with Gasteiger partial charge in [0.05, 0.1) is 38.0 Å². The van der Waals surface area contributed by atoms with Crippen LogP contribution in [0, 0.1) is 5.82 Å². The van der Waals surface area contributed by atoms with Gasteiger partial charge in [0.15, 0.2) is 0 Å². The highest BCUT2D eigenvalue weighted by atomic mass is 35.5. The van der Waals surface area contributed by atoms with Crippen LogP contribution in [0.4, 0.5) is 4.39 Å². The van der Waals surface area contributed by atoms with Crippen molar-refractivity contribution >= 4 is 17.5 Å². The zero-order valence-electron chi connectivity index (χ0n) is 11.8. The minimum absolute atomic E-state index is 0.00704. The topological polar surface area (TPSA) is 58.4 Å². The van der Waals surface area contributed by atoms with E-state index in [0.717, 1.165) is 11.3 Å². The van der Waals surface area contributed by atoms with Gasteiger partial charge in [-0.15, -0.1) is 0 Å². The SMILES string of the molecule is O=C(Cc1c(F)cccc1Cl)N1Cc2cnn(CCO)c2C1. The van der Waals surface area contributed by atoms with Crippen LogP contribution in [0.5, 0.6) is 0 Å². The van der Waals surface area contributed by atoms with Crippen LogP contribution in [0.15, 0.2) is 24.4 Å². The van der Waals surface area contributed by atoms with Gasteiger partial charge in [0.1, 0.15) is 5.82 Å². The molecule has 1 aromatic carbocycles. The maximum atomic E-state index is 13.8. The number of carbonyl (C=O) groups excluding carboxylic acids is 1. The second-order valence-electron chi connectivity index (χ2n) is 5.19. The minimum Gasteiger partial charge on any atom is -0.394 e. The van der Waals surface area contributed by atoms with Crippen LogP contribution in [-0.4, -0.2) is 32.3 Å². The van der Waals surface area contributed by atoms with E-state index in [1.165, 1.54) is 12.1 Å². The molecule has 1 aliphatic heterocycles. The number of aliphatic hydroxyl groups excluding tert-OH is 1. The van der Waals surface area contributed by atoms with Crippen molar-refractivity contribution < 1.29 is 14.3 Å². The van der Waals surface area contributed by atoms with Crippen LogP contribution in [0.3, 0.4) is 0 Å². The summed E-state index contributed by atoms with van der Waals surface area (Å²) in [5, 5.41) is 13.4. The lowest BCUT2D eigenvalue weighted by molar-refractivity contribution is -0.131. The molecule has 1 N–H and O–H groups in total. The first-order valence-corrected chi connectivity index (χ1v) is 7.33. The number of halogens is 2. The zero-order valence-corrected chi connectivity index (χ0v) is 12.6. The van der Waals surface area contributed by atoms with Gasteiger partial charge >= 0.3 is 0 Å². The van der Waals surface area contributed by atoms with Crippen LogP contribution >= 0.6 is 11.6 Å². The van der Waals surface area contributed by atoms with E-state index in [1.54, 1.807) is 21.8 Å². The number of amides is 1. The molecule has 3 rings (SSSR count). The van der Waals surface area contributed by atoms with Crippen molar-refractivity contribution in [2.24, 2.45) is 0 Å². The monoisotopic (exact) mass is 323 g/mol. The van der Waals surface area contributed by atoms with Crippen LogP contribution < -0.4 is 0 Å². The molecule has 5 nitrogen and oxygen atoms in total. The number of rotatable bonds is 4. The summed E-state index contributed by atoms with van der Waals surface area (Å²) in [5.74, 6) is -0.650. The number of aromatic nitrogens is 2. The summed E-state index contributed by atoms with van der Waals surface area (Å²) in [7, 11) is 0. The van der Waals surface area contributed by atoms with Gasteiger partial charge in [-0.25, -0.2) is 4.39 Å². The van der Waals surface area contributed by atoms with E-state index < -0.39 is 5.82 Å². The molecule has 116 valence electrons. The zero-order chi connectivity index (χ0) is 15.7. The molecule has 1 aromatic heterocycles. The standard InChI is InChI=1S/C15H15ClFN3O2/c16-12-2-1-3-13(17)11(12)6-15(22)19-8-10-7-18-20(4-5-21)14(10)9-19/h1-3,7,21H,4-6,8-9H2. The van der Waals surface area contributed by atoms with Gasteiger partial charge in [0.2, 0.25) is 5.91 Å². The van der Waals surface area contributed by atoms with E-state index in [9.17, 15) is 9.18 Å². The third-order valence-electron chi connectivity index (χ3n) is 3.79. The third-order valence-corrected chi connectivity index (χ3v) is 4.15. The second kappa shape index (κ2) is 6.06. The van der Waals surface area contributed by atoms with Gasteiger partial charge in [-0.1, -0.05) is 17.7 Å². The summed E-state index contributed by atoms with van der Waals surface area (Å²) >= 11 is 5.96. The smallest absolute Gasteiger partial charge is 0.227 e. The summed E-state index contributed by atoms with van der Waals surface area (Å²) < 4.78 is 15.5. The molecule has 0 aliphatic carbocycles. The van der Waals surface area contributed by atoms with Gasteiger partial charge in [-0.3, -0.25) is 9.48 Å². The summed E-state index contributed by atoms with van der Waals surface area (Å²) in [6.45, 7) is 1.26. The molecular weight excluding hydrogens is 309 g/mol. The predicted molar refractivity (Wildman–Crippen MR) is 78.7 cm³/mol. The number of hydrogen-bond donors (Lipinski definition) is 1. The van der Waals surface area contributed by atoms with Crippen molar-refractivity contribution in [3.05, 3.63) is 52.1 Å². The van der Waals surface area contributed by atoms with E-state index in [1.807, 2.05) is 0 Å². The van der Waals surface area contributed by atoms with Gasteiger partial charge in [-0.2, -0.15) is 5.10 Å². The van der Waals surface area contributed by atoms with Crippen LogP contribution in [0.2, 0.25) is 5.02 Å². The van der Waals surface area contributed by atoms with Crippen molar-refractivity contribution in [3.8, 4) is 0 Å². The Morgan fingerprint density at radius 2 is 2.23 bits per heavy atom. The average Bonchev–Trinajstić information content (AvgIpc) is 3.05. The van der Waals surface area contributed by atoms with Crippen molar-refractivity contribution in [1.29, 1.82) is 0 Å². The lowest BCUT2D eigenvalue weighted by atomic mass is 10.1. The van der Waals surface area contributed by atoms with E-state index in [0.29, 0.717) is 19.6 Å². The van der Waals surface area contributed by atoms with Crippen LogP contribution in [0.25, 0.3) is 0 Å². The Bertz CT molecular complexity index is 697. The van der Waals surface area contributed by atoms with E-state index >= 15 is 0 Å². The Balaban J connectivity index is 1.73. The maximum absolute atomic E-state index is 13.8. The quantitative estimate of drug-likeness (QED) is 0.932. The maximum Gasteiger partial charge on any atom is 0.227 e. The summed E-state index contributed by atoms with van der Waals surface area (Å²) in [5.41, 5.74) is 2.10. The molecule has 1 amide bonds. The van der Waals surface area contributed by atoms with Crippen molar-refractivity contribution in [2.75, 3.05) is 6.61 Å². The molecular formula is C15H15ClFN3O2. The molecule has 2 heterocycles. The van der Waals surface area contributed by atoms with Crippen LogP contribution in [0.1, 0.15) is 16.8 Å². The van der Waals surface area contributed by atoms with E-state index in [-0.39, 0.29) is 29.5 Å². The van der Waals surface area contributed by atoms with Crippen LogP contribution in [-0.2, 0) is 30.8 Å². The second-order valence-corrected chi connectivity index (χ2v) is 5.60. The Morgan fingerprint density at radius 1 is 1.41 bits per heavy atom. The first kappa shape index (κ1) is 15.0. The number of aliphatic hydroxyl groups is 1. The highest BCUT2D eigenvalue weighted by Gasteiger charge is 2.27. The largest absolute Gasteiger partial charge is 0.394 e. The number of fused-ring (bicyclic) bond motifs is 1. The lowest BCUT2D eigenvalue weighted by Gasteiger charge is -2.17. The van der Waals surface area contributed by atoms with E-state index in [2.05, 4.69) is 5.10 Å². The number of nitrogens with zero attached hydrogens (tertiary/aromatic N) is 3. The van der Waals surface area contributed by atoms with Gasteiger partial charge in [0, 0.05) is 22.7 Å². The molecule has 0 atom stereocenters. The summed E-state index contributed by atoms with van der Waals surface area (Å²) in [6.07, 6.45) is 1.64. The molecule has 0 spiro atoms. The molecule has 2 aromatic rings. The summed E-state index contributed by atoms with van der Waals surface area (Å²) in [6, 6.07) is 4.39. The lowest BCUT2D eigenvalue weighted by Crippen LogP contribution is -2.28. The Kier molecular flexibility index (Phi) is 4.13. The number of benzene rings is 1. The molecule has 0 bridgehead atoms. The van der Waals surface area contributed by atoms with Gasteiger partial charge in [-0.05, 0) is 12.1 Å². The molecule has 7 heteroatoms. The Labute approximate surface area is 131 Å². The molecule has 0 saturated heterocycles. The normalized spacial score (nSPS) is 13.5. The highest BCUT2D eigenvalue weighted by Crippen LogP contribution is 2.25. The highest BCUT2D eigenvalue weighted by molar-refractivity contribution is 6.31. The molecule has 22 heavy (non-hydrogen) atoms. The molecule has 0 saturated carbocycles. The fourth-order valence-corrected chi connectivity index (χ4v) is 2.86. The molecule has 0 radical (unpaired) electrons. The van der Waals surface area contributed by atoms with Crippen molar-refractivity contribution in [2.45, 2.75) is 26.1 Å². The Morgan fingerprint density at radius 3 is 2.95 bits per heavy atom. The number of hydrogen-bond acceptors (Lipinski definition) is 3. The fraction of sp³-hybridized carbons (Fsp3) is 0.333. The fourth-order valence-electron chi connectivity index (χ4n) is 2.63. The third kappa shape index (κ3) is 2.71. The minimum atomic E-state index is -0.469. The summed E-state index contributed by atoms with van der Waals surface area (Å²) in [4.78, 5) is 14.0. The van der Waals surface area contributed by atoms with Gasteiger partial charge < -0.3 is 10.0 Å². The van der Waals surface area contributed by atoms with E-state index in [4.69, 9.17) is 16.7 Å². The Hall–Kier alpha value is -1.92. The predicted octanol–water partition coefficient (Wildman–Crippen LogP) is 1.75. The number of carbonyl (C=O) groups is 1. The van der Waals surface area contributed by atoms with Crippen molar-refractivity contribution in [3.63, 3.8) is 0 Å². The van der Waals surface area contributed by atoms with Gasteiger partial charge in [0.25, 0.3) is 0 Å². The average molecular weight is 324 g/mol.